The number of ether oxygens (including phenoxy) is 1. The molecule has 0 bridgehead atoms. The van der Waals surface area contributed by atoms with Crippen molar-refractivity contribution in [3.05, 3.63) is 88.5 Å². The third kappa shape index (κ3) is 4.05. The number of carbonyl (C=O) groups is 3. The van der Waals surface area contributed by atoms with Gasteiger partial charge in [-0.05, 0) is 56.7 Å². The van der Waals surface area contributed by atoms with Crippen LogP contribution in [0.15, 0.2) is 60.7 Å². The van der Waals surface area contributed by atoms with E-state index in [2.05, 4.69) is 10.6 Å². The summed E-state index contributed by atoms with van der Waals surface area (Å²) in [7, 11) is 0. The summed E-state index contributed by atoms with van der Waals surface area (Å²) in [5.74, 6) is -0.325. The standard InChI is InChI=1S/C25H22N2O4/c1-14-8-9-15(2)20(12-14)23(28)18-6-4-5-7-19(18)25(30)26-17-10-11-22-21(13-17)27-24(29)16(3)31-22/h4-13,16H,1-3H3,(H,26,30)(H,27,29). The normalized spacial score (nSPS) is 14.8. The number of rotatable bonds is 4. The topological polar surface area (TPSA) is 84.5 Å². The molecular formula is C25H22N2O4. The second-order valence-electron chi connectivity index (χ2n) is 7.61. The minimum absolute atomic E-state index is 0.202. The fourth-order valence-electron chi connectivity index (χ4n) is 3.49. The molecule has 0 aromatic heterocycles. The average molecular weight is 414 g/mol. The van der Waals surface area contributed by atoms with Crippen LogP contribution in [-0.2, 0) is 4.79 Å². The molecule has 6 heteroatoms. The van der Waals surface area contributed by atoms with Crippen molar-refractivity contribution < 1.29 is 19.1 Å². The van der Waals surface area contributed by atoms with Gasteiger partial charge in [-0.3, -0.25) is 14.4 Å². The van der Waals surface area contributed by atoms with Crippen molar-refractivity contribution in [3.8, 4) is 5.75 Å². The summed E-state index contributed by atoms with van der Waals surface area (Å²) in [5.41, 5.74) is 3.98. The number of hydrogen-bond acceptors (Lipinski definition) is 4. The van der Waals surface area contributed by atoms with Crippen LogP contribution < -0.4 is 15.4 Å². The van der Waals surface area contributed by atoms with E-state index in [4.69, 9.17) is 4.74 Å². The molecule has 1 atom stereocenters. The number of hydrogen-bond donors (Lipinski definition) is 2. The minimum atomic E-state index is -0.573. The summed E-state index contributed by atoms with van der Waals surface area (Å²) >= 11 is 0. The molecule has 31 heavy (non-hydrogen) atoms. The molecule has 6 nitrogen and oxygen atoms in total. The molecule has 3 aromatic rings. The van der Waals surface area contributed by atoms with Crippen molar-refractivity contribution in [2.24, 2.45) is 0 Å². The van der Waals surface area contributed by atoms with Crippen LogP contribution in [0.3, 0.4) is 0 Å². The number of benzene rings is 3. The number of anilines is 2. The summed E-state index contributed by atoms with van der Waals surface area (Å²) in [4.78, 5) is 38.1. The zero-order chi connectivity index (χ0) is 22.1. The van der Waals surface area contributed by atoms with Gasteiger partial charge in [-0.2, -0.15) is 0 Å². The third-order valence-corrected chi connectivity index (χ3v) is 5.22. The lowest BCUT2D eigenvalue weighted by Crippen LogP contribution is -2.34. The largest absolute Gasteiger partial charge is 0.479 e. The zero-order valence-corrected chi connectivity index (χ0v) is 17.5. The van der Waals surface area contributed by atoms with Crippen LogP contribution in [-0.4, -0.2) is 23.7 Å². The van der Waals surface area contributed by atoms with Gasteiger partial charge < -0.3 is 15.4 Å². The Bertz CT molecular complexity index is 1220. The number of aryl methyl sites for hydroxylation is 2. The Morgan fingerprint density at radius 3 is 2.45 bits per heavy atom. The molecule has 156 valence electrons. The Hall–Kier alpha value is -3.93. The van der Waals surface area contributed by atoms with Crippen molar-refractivity contribution in [1.29, 1.82) is 0 Å². The molecule has 2 amide bonds. The molecule has 4 rings (SSSR count). The highest BCUT2D eigenvalue weighted by Gasteiger charge is 2.24. The Morgan fingerprint density at radius 1 is 0.935 bits per heavy atom. The van der Waals surface area contributed by atoms with Crippen LogP contribution in [0.2, 0.25) is 0 Å². The van der Waals surface area contributed by atoms with Gasteiger partial charge in [0.15, 0.2) is 11.9 Å². The summed E-state index contributed by atoms with van der Waals surface area (Å²) in [5, 5.41) is 5.57. The average Bonchev–Trinajstić information content (AvgIpc) is 2.76. The SMILES string of the molecule is Cc1ccc(C)c(C(=O)c2ccccc2C(=O)Nc2ccc3c(c2)NC(=O)C(C)O3)c1. The van der Waals surface area contributed by atoms with Gasteiger partial charge in [-0.1, -0.05) is 35.9 Å². The quantitative estimate of drug-likeness (QED) is 0.616. The fourth-order valence-corrected chi connectivity index (χ4v) is 3.49. The van der Waals surface area contributed by atoms with Crippen molar-refractivity contribution in [3.63, 3.8) is 0 Å². The highest BCUT2D eigenvalue weighted by atomic mass is 16.5. The molecule has 3 aromatic carbocycles. The predicted octanol–water partition coefficient (Wildman–Crippen LogP) is 4.51. The summed E-state index contributed by atoms with van der Waals surface area (Å²) in [6.45, 7) is 5.46. The van der Waals surface area contributed by atoms with Crippen LogP contribution in [0.5, 0.6) is 5.75 Å². The van der Waals surface area contributed by atoms with Crippen LogP contribution in [0.25, 0.3) is 0 Å². The van der Waals surface area contributed by atoms with Crippen molar-refractivity contribution in [2.45, 2.75) is 26.9 Å². The van der Waals surface area contributed by atoms with Gasteiger partial charge in [0.1, 0.15) is 5.75 Å². The molecule has 2 N–H and O–H groups in total. The predicted molar refractivity (Wildman–Crippen MR) is 119 cm³/mol. The zero-order valence-electron chi connectivity index (χ0n) is 17.5. The lowest BCUT2D eigenvalue weighted by atomic mass is 9.94. The molecule has 1 unspecified atom stereocenters. The molecule has 0 aliphatic carbocycles. The van der Waals surface area contributed by atoms with Crippen molar-refractivity contribution in [2.75, 3.05) is 10.6 Å². The summed E-state index contributed by atoms with van der Waals surface area (Å²) < 4.78 is 5.54. The highest BCUT2D eigenvalue weighted by molar-refractivity contribution is 6.18. The molecule has 0 saturated heterocycles. The first-order chi connectivity index (χ1) is 14.8. The molecule has 1 aliphatic rings. The Balaban J connectivity index is 1.62. The third-order valence-electron chi connectivity index (χ3n) is 5.22. The van der Waals surface area contributed by atoms with Gasteiger partial charge in [-0.15, -0.1) is 0 Å². The molecule has 1 aliphatic heterocycles. The number of fused-ring (bicyclic) bond motifs is 1. The van der Waals surface area contributed by atoms with E-state index in [1.165, 1.54) is 0 Å². The smallest absolute Gasteiger partial charge is 0.265 e. The van der Waals surface area contributed by atoms with Crippen LogP contribution in [0, 0.1) is 13.8 Å². The van der Waals surface area contributed by atoms with Crippen molar-refractivity contribution >= 4 is 29.0 Å². The van der Waals surface area contributed by atoms with E-state index in [1.54, 1.807) is 49.4 Å². The van der Waals surface area contributed by atoms with Gasteiger partial charge in [-0.25, -0.2) is 0 Å². The molecule has 0 fully saturated rings. The molecule has 1 heterocycles. The number of nitrogens with one attached hydrogen (secondary N) is 2. The van der Waals surface area contributed by atoms with Gasteiger partial charge in [0, 0.05) is 16.8 Å². The van der Waals surface area contributed by atoms with Gasteiger partial charge in [0.2, 0.25) is 0 Å². The Morgan fingerprint density at radius 2 is 1.68 bits per heavy atom. The minimum Gasteiger partial charge on any atom is -0.479 e. The van der Waals surface area contributed by atoms with E-state index < -0.39 is 12.0 Å². The Kier molecular flexibility index (Phi) is 5.29. The number of ketones is 1. The summed E-state index contributed by atoms with van der Waals surface area (Å²) in [6, 6.07) is 17.4. The molecule has 0 spiro atoms. The van der Waals surface area contributed by atoms with E-state index in [-0.39, 0.29) is 17.3 Å². The van der Waals surface area contributed by atoms with Crippen molar-refractivity contribution in [1.82, 2.24) is 0 Å². The van der Waals surface area contributed by atoms with E-state index in [9.17, 15) is 14.4 Å². The highest BCUT2D eigenvalue weighted by Crippen LogP contribution is 2.32. The monoisotopic (exact) mass is 414 g/mol. The number of carbonyl (C=O) groups excluding carboxylic acids is 3. The first kappa shape index (κ1) is 20.3. The van der Waals surface area contributed by atoms with Crippen LogP contribution >= 0.6 is 0 Å². The second-order valence-corrected chi connectivity index (χ2v) is 7.61. The van der Waals surface area contributed by atoms with Gasteiger partial charge in [0.05, 0.1) is 11.3 Å². The maximum Gasteiger partial charge on any atom is 0.265 e. The molecule has 0 saturated carbocycles. The lowest BCUT2D eigenvalue weighted by molar-refractivity contribution is -0.122. The first-order valence-corrected chi connectivity index (χ1v) is 9.97. The van der Waals surface area contributed by atoms with Crippen LogP contribution in [0.4, 0.5) is 11.4 Å². The molecular weight excluding hydrogens is 392 g/mol. The first-order valence-electron chi connectivity index (χ1n) is 9.97. The summed E-state index contributed by atoms with van der Waals surface area (Å²) in [6.07, 6.45) is -0.573. The van der Waals surface area contributed by atoms with E-state index in [0.29, 0.717) is 28.3 Å². The Labute approximate surface area is 180 Å². The lowest BCUT2D eigenvalue weighted by Gasteiger charge is -2.23. The van der Waals surface area contributed by atoms with Gasteiger partial charge >= 0.3 is 0 Å². The van der Waals surface area contributed by atoms with E-state index >= 15 is 0 Å². The number of amides is 2. The van der Waals surface area contributed by atoms with Gasteiger partial charge in [0.25, 0.3) is 11.8 Å². The fraction of sp³-hybridized carbons (Fsp3) is 0.160. The second kappa shape index (κ2) is 8.07. The molecule has 0 radical (unpaired) electrons. The maximum atomic E-state index is 13.2. The van der Waals surface area contributed by atoms with E-state index in [0.717, 1.165) is 11.1 Å². The maximum absolute atomic E-state index is 13.2. The van der Waals surface area contributed by atoms with Crippen LogP contribution in [0.1, 0.15) is 44.3 Å². The van der Waals surface area contributed by atoms with E-state index in [1.807, 2.05) is 32.0 Å².